The summed E-state index contributed by atoms with van der Waals surface area (Å²) in [4.78, 5) is 34.8. The van der Waals surface area contributed by atoms with E-state index < -0.39 is 6.04 Å². The molecule has 1 N–H and O–H groups in total. The van der Waals surface area contributed by atoms with Crippen LogP contribution in [0.5, 0.6) is 5.88 Å². The summed E-state index contributed by atoms with van der Waals surface area (Å²) in [5.41, 5.74) is 2.08. The van der Waals surface area contributed by atoms with Crippen molar-refractivity contribution in [3.63, 3.8) is 0 Å². The first-order chi connectivity index (χ1) is 12.0. The van der Waals surface area contributed by atoms with Gasteiger partial charge in [-0.05, 0) is 24.1 Å². The minimum Gasteiger partial charge on any atom is -0.479 e. The molecule has 3 rings (SSSR count). The van der Waals surface area contributed by atoms with Crippen LogP contribution in [-0.4, -0.2) is 33.8 Å². The molecular weight excluding hydrogens is 320 g/mol. The zero-order chi connectivity index (χ0) is 18.0. The van der Waals surface area contributed by atoms with Gasteiger partial charge in [0.25, 0.3) is 5.91 Å². The van der Waals surface area contributed by atoms with E-state index in [0.29, 0.717) is 18.1 Å². The molecule has 2 aromatic rings. The van der Waals surface area contributed by atoms with Crippen LogP contribution >= 0.6 is 0 Å². The molecule has 7 nitrogen and oxygen atoms in total. The van der Waals surface area contributed by atoms with E-state index in [4.69, 9.17) is 4.74 Å². The van der Waals surface area contributed by atoms with Crippen molar-refractivity contribution in [1.29, 1.82) is 0 Å². The Morgan fingerprint density at radius 1 is 1.40 bits per heavy atom. The molecule has 7 heteroatoms. The van der Waals surface area contributed by atoms with Crippen molar-refractivity contribution in [3.8, 4) is 5.88 Å². The molecule has 128 valence electrons. The number of nitrogens with one attached hydrogen (secondary N) is 1. The molecule has 1 aliphatic heterocycles. The quantitative estimate of drug-likeness (QED) is 0.862. The molecule has 1 aromatic carbocycles. The average molecular weight is 338 g/mol. The topological polar surface area (TPSA) is 84.4 Å². The summed E-state index contributed by atoms with van der Waals surface area (Å²) < 4.78 is 5.19. The van der Waals surface area contributed by atoms with Gasteiger partial charge in [-0.15, -0.1) is 0 Å². The number of carbonyl (C=O) groups is 2. The fourth-order valence-electron chi connectivity index (χ4n) is 2.88. The summed E-state index contributed by atoms with van der Waals surface area (Å²) in [7, 11) is 1.47. The number of anilines is 1. The Hall–Kier alpha value is -3.22. The number of benzene rings is 1. The second-order valence-electron chi connectivity index (χ2n) is 5.60. The van der Waals surface area contributed by atoms with Gasteiger partial charge >= 0.3 is 0 Å². The van der Waals surface area contributed by atoms with Crippen LogP contribution < -0.4 is 10.1 Å². The molecule has 2 amide bonds. The Morgan fingerprint density at radius 2 is 2.16 bits per heavy atom. The van der Waals surface area contributed by atoms with Crippen LogP contribution in [0.4, 0.5) is 5.69 Å². The maximum absolute atomic E-state index is 12.9. The van der Waals surface area contributed by atoms with Crippen LogP contribution in [0.3, 0.4) is 0 Å². The van der Waals surface area contributed by atoms with Gasteiger partial charge in [-0.25, -0.2) is 4.98 Å². The van der Waals surface area contributed by atoms with E-state index in [1.807, 2.05) is 24.3 Å². The molecular formula is C18H18N4O3. The first-order valence-electron chi connectivity index (χ1n) is 7.74. The van der Waals surface area contributed by atoms with Crippen molar-refractivity contribution in [2.45, 2.75) is 19.5 Å². The molecule has 0 radical (unpaired) electrons. The smallest absolute Gasteiger partial charge is 0.252 e. The monoisotopic (exact) mass is 338 g/mol. The van der Waals surface area contributed by atoms with E-state index in [9.17, 15) is 9.59 Å². The lowest BCUT2D eigenvalue weighted by Gasteiger charge is -2.23. The highest BCUT2D eigenvalue weighted by Gasteiger charge is 2.37. The Morgan fingerprint density at radius 3 is 2.88 bits per heavy atom. The normalized spacial score (nSPS) is 15.4. The lowest BCUT2D eigenvalue weighted by atomic mass is 10.0. The van der Waals surface area contributed by atoms with Crippen molar-refractivity contribution in [2.75, 3.05) is 12.4 Å². The molecule has 25 heavy (non-hydrogen) atoms. The maximum Gasteiger partial charge on any atom is 0.252 e. The molecule has 1 atom stereocenters. The fourth-order valence-corrected chi connectivity index (χ4v) is 2.88. The van der Waals surface area contributed by atoms with E-state index in [1.54, 1.807) is 6.92 Å². The van der Waals surface area contributed by atoms with Crippen molar-refractivity contribution in [3.05, 3.63) is 60.1 Å². The molecule has 1 unspecified atom stereocenters. The van der Waals surface area contributed by atoms with Crippen molar-refractivity contribution in [1.82, 2.24) is 14.9 Å². The minimum atomic E-state index is -0.743. The third-order valence-electron chi connectivity index (χ3n) is 4.03. The predicted molar refractivity (Wildman–Crippen MR) is 91.9 cm³/mol. The number of nitrogens with zero attached hydrogens (tertiary/aromatic N) is 3. The molecule has 1 aromatic heterocycles. The van der Waals surface area contributed by atoms with Crippen LogP contribution in [0.2, 0.25) is 0 Å². The summed E-state index contributed by atoms with van der Waals surface area (Å²) in [6, 6.07) is 6.73. The van der Waals surface area contributed by atoms with Gasteiger partial charge in [0.1, 0.15) is 17.6 Å². The SMILES string of the molecule is C=CC(=O)N1Cc2ccccc2C1C(=O)Nc1cnc(C)nc1OC. The predicted octanol–water partition coefficient (Wildman–Crippen LogP) is 2.00. The van der Waals surface area contributed by atoms with Gasteiger partial charge in [0.05, 0.1) is 13.3 Å². The van der Waals surface area contributed by atoms with Gasteiger partial charge in [0.2, 0.25) is 11.8 Å². The Labute approximate surface area is 145 Å². The number of methoxy groups -OCH3 is 1. The Kier molecular flexibility index (Phi) is 4.47. The van der Waals surface area contributed by atoms with E-state index in [1.165, 1.54) is 24.3 Å². The van der Waals surface area contributed by atoms with E-state index in [2.05, 4.69) is 21.9 Å². The van der Waals surface area contributed by atoms with Gasteiger partial charge in [-0.1, -0.05) is 30.8 Å². The second-order valence-corrected chi connectivity index (χ2v) is 5.60. The van der Waals surface area contributed by atoms with Gasteiger partial charge in [0, 0.05) is 6.54 Å². The molecule has 2 heterocycles. The number of aryl methyl sites for hydroxylation is 1. The van der Waals surface area contributed by atoms with Crippen LogP contribution in [0.15, 0.2) is 43.1 Å². The largest absolute Gasteiger partial charge is 0.479 e. The molecule has 0 spiro atoms. The van der Waals surface area contributed by atoms with Gasteiger partial charge in [0.15, 0.2) is 0 Å². The highest BCUT2D eigenvalue weighted by Crippen LogP contribution is 2.35. The molecule has 0 aliphatic carbocycles. The van der Waals surface area contributed by atoms with Gasteiger partial charge in [-0.2, -0.15) is 4.98 Å². The average Bonchev–Trinajstić information content (AvgIpc) is 3.02. The molecule has 0 saturated carbocycles. The van der Waals surface area contributed by atoms with Crippen molar-refractivity contribution >= 4 is 17.5 Å². The number of carbonyl (C=O) groups excluding carboxylic acids is 2. The van der Waals surface area contributed by atoms with Crippen LogP contribution in [0, 0.1) is 6.92 Å². The third-order valence-corrected chi connectivity index (χ3v) is 4.03. The number of hydrogen-bond donors (Lipinski definition) is 1. The van der Waals surface area contributed by atoms with Crippen LogP contribution in [0.1, 0.15) is 23.0 Å². The summed E-state index contributed by atoms with van der Waals surface area (Å²) in [6.07, 6.45) is 2.70. The van der Waals surface area contributed by atoms with Gasteiger partial charge in [-0.3, -0.25) is 9.59 Å². The van der Waals surface area contributed by atoms with E-state index in [0.717, 1.165) is 11.1 Å². The molecule has 0 fully saturated rings. The van der Waals surface area contributed by atoms with E-state index in [-0.39, 0.29) is 17.7 Å². The van der Waals surface area contributed by atoms with Crippen LogP contribution in [-0.2, 0) is 16.1 Å². The zero-order valence-electron chi connectivity index (χ0n) is 14.0. The van der Waals surface area contributed by atoms with Gasteiger partial charge < -0.3 is 15.0 Å². The number of amides is 2. The highest BCUT2D eigenvalue weighted by atomic mass is 16.5. The number of ether oxygens (including phenoxy) is 1. The first kappa shape index (κ1) is 16.6. The number of fused-ring (bicyclic) bond motifs is 1. The fraction of sp³-hybridized carbons (Fsp3) is 0.222. The summed E-state index contributed by atoms with van der Waals surface area (Å²) in [5, 5.41) is 2.76. The molecule has 0 saturated heterocycles. The standard InChI is InChI=1S/C18H18N4O3/c1-4-15(23)22-10-12-7-5-6-8-13(12)16(22)17(24)21-14-9-19-11(2)20-18(14)25-3/h4-9,16H,1,10H2,2-3H3,(H,21,24). The minimum absolute atomic E-state index is 0.272. The van der Waals surface area contributed by atoms with Crippen LogP contribution in [0.25, 0.3) is 0 Å². The summed E-state index contributed by atoms with van der Waals surface area (Å²) in [6.45, 7) is 5.61. The Balaban J connectivity index is 1.94. The van der Waals surface area contributed by atoms with E-state index >= 15 is 0 Å². The lowest BCUT2D eigenvalue weighted by molar-refractivity contribution is -0.134. The lowest BCUT2D eigenvalue weighted by Crippen LogP contribution is -2.35. The number of hydrogen-bond acceptors (Lipinski definition) is 5. The number of aromatic nitrogens is 2. The Bertz CT molecular complexity index is 850. The van der Waals surface area contributed by atoms with Crippen molar-refractivity contribution < 1.29 is 14.3 Å². The number of rotatable bonds is 4. The first-order valence-corrected chi connectivity index (χ1v) is 7.74. The maximum atomic E-state index is 12.9. The second kappa shape index (κ2) is 6.72. The highest BCUT2D eigenvalue weighted by molar-refractivity contribution is 6.01. The third kappa shape index (κ3) is 3.08. The van der Waals surface area contributed by atoms with Crippen molar-refractivity contribution in [2.24, 2.45) is 0 Å². The summed E-state index contributed by atoms with van der Waals surface area (Å²) >= 11 is 0. The molecule has 0 bridgehead atoms. The molecule has 1 aliphatic rings. The zero-order valence-corrected chi connectivity index (χ0v) is 14.0. The summed E-state index contributed by atoms with van der Waals surface area (Å²) in [5.74, 6) is 0.146.